The van der Waals surface area contributed by atoms with Gasteiger partial charge in [-0.15, -0.1) is 0 Å². The van der Waals surface area contributed by atoms with Crippen molar-refractivity contribution in [3.63, 3.8) is 0 Å². The molecule has 0 bridgehead atoms. The summed E-state index contributed by atoms with van der Waals surface area (Å²) in [6, 6.07) is 13.3. The van der Waals surface area contributed by atoms with E-state index in [-0.39, 0.29) is 11.6 Å². The van der Waals surface area contributed by atoms with E-state index < -0.39 is 11.7 Å². The molecular weight excluding hydrogens is 347 g/mol. The van der Waals surface area contributed by atoms with Gasteiger partial charge in [0.25, 0.3) is 5.91 Å². The number of carbonyl (C=O) groups excluding carboxylic acids is 2. The average Bonchev–Trinajstić information content (AvgIpc) is 2.69. The van der Waals surface area contributed by atoms with Crippen molar-refractivity contribution in [1.29, 1.82) is 0 Å². The number of nitrogens with zero attached hydrogens (tertiary/aromatic N) is 2. The topological polar surface area (TPSA) is 64.7 Å². The first-order valence-corrected chi connectivity index (χ1v) is 9.02. The third-order valence-corrected chi connectivity index (χ3v) is 4.50. The Labute approximate surface area is 158 Å². The Morgan fingerprint density at radius 2 is 1.67 bits per heavy atom. The summed E-state index contributed by atoms with van der Waals surface area (Å²) in [4.78, 5) is 28.0. The summed E-state index contributed by atoms with van der Waals surface area (Å²) in [5, 5.41) is 5.52. The Kier molecular flexibility index (Phi) is 5.90. The summed E-state index contributed by atoms with van der Waals surface area (Å²) in [6.07, 6.45) is 0. The van der Waals surface area contributed by atoms with Crippen molar-refractivity contribution in [3.05, 3.63) is 59.9 Å². The highest BCUT2D eigenvalue weighted by Crippen LogP contribution is 2.20. The molecule has 3 amide bonds. The molecular formula is C20H23FN4O2. The average molecular weight is 370 g/mol. The highest BCUT2D eigenvalue weighted by molar-refractivity contribution is 6.04. The molecule has 6 nitrogen and oxygen atoms in total. The van der Waals surface area contributed by atoms with Gasteiger partial charge in [0.2, 0.25) is 0 Å². The van der Waals surface area contributed by atoms with Crippen LogP contribution < -0.4 is 15.5 Å². The Morgan fingerprint density at radius 3 is 2.30 bits per heavy atom. The van der Waals surface area contributed by atoms with E-state index in [2.05, 4.69) is 15.5 Å². The molecule has 2 aromatic carbocycles. The Morgan fingerprint density at radius 1 is 1.00 bits per heavy atom. The van der Waals surface area contributed by atoms with Crippen LogP contribution in [0.5, 0.6) is 0 Å². The summed E-state index contributed by atoms with van der Waals surface area (Å²) >= 11 is 0. The Hall–Kier alpha value is -3.09. The zero-order valence-electron chi connectivity index (χ0n) is 15.2. The molecule has 142 valence electrons. The second kappa shape index (κ2) is 8.53. The summed E-state index contributed by atoms with van der Waals surface area (Å²) in [5.41, 5.74) is 1.64. The van der Waals surface area contributed by atoms with Gasteiger partial charge in [0.1, 0.15) is 5.82 Å². The number of anilines is 2. The SMILES string of the molecule is CCNC(=O)N1CCN(c2ccc(NC(=O)c3ccccc3F)cc2)CC1. The number of rotatable bonds is 4. The molecule has 2 N–H and O–H groups in total. The van der Waals surface area contributed by atoms with Crippen LogP contribution in [0.2, 0.25) is 0 Å². The number of halogens is 1. The van der Waals surface area contributed by atoms with E-state index in [4.69, 9.17) is 0 Å². The number of piperazine rings is 1. The lowest BCUT2D eigenvalue weighted by Gasteiger charge is -2.36. The van der Waals surface area contributed by atoms with E-state index in [0.29, 0.717) is 25.3 Å². The second-order valence-electron chi connectivity index (χ2n) is 6.29. The minimum Gasteiger partial charge on any atom is -0.368 e. The van der Waals surface area contributed by atoms with Gasteiger partial charge in [0.15, 0.2) is 0 Å². The third kappa shape index (κ3) is 4.55. The van der Waals surface area contributed by atoms with E-state index >= 15 is 0 Å². The smallest absolute Gasteiger partial charge is 0.317 e. The van der Waals surface area contributed by atoms with Crippen LogP contribution in [0.3, 0.4) is 0 Å². The van der Waals surface area contributed by atoms with Gasteiger partial charge in [-0.25, -0.2) is 9.18 Å². The van der Waals surface area contributed by atoms with Crippen molar-refractivity contribution in [2.75, 3.05) is 42.9 Å². The predicted molar refractivity (Wildman–Crippen MR) is 104 cm³/mol. The highest BCUT2D eigenvalue weighted by atomic mass is 19.1. The quantitative estimate of drug-likeness (QED) is 0.870. The molecule has 0 unspecified atom stereocenters. The Bertz CT molecular complexity index is 802. The number of amides is 3. The molecule has 1 heterocycles. The van der Waals surface area contributed by atoms with Crippen LogP contribution in [0.15, 0.2) is 48.5 Å². The molecule has 0 aromatic heterocycles. The molecule has 2 aromatic rings. The molecule has 1 aliphatic heterocycles. The summed E-state index contributed by atoms with van der Waals surface area (Å²) in [5.74, 6) is -1.02. The number of hydrogen-bond donors (Lipinski definition) is 2. The van der Waals surface area contributed by atoms with E-state index in [1.165, 1.54) is 12.1 Å². The molecule has 0 radical (unpaired) electrons. The van der Waals surface area contributed by atoms with Gasteiger partial charge in [0.05, 0.1) is 5.56 Å². The fraction of sp³-hybridized carbons (Fsp3) is 0.300. The summed E-state index contributed by atoms with van der Waals surface area (Å²) in [6.45, 7) is 5.35. The van der Waals surface area contributed by atoms with Gasteiger partial charge in [0, 0.05) is 44.1 Å². The van der Waals surface area contributed by atoms with E-state index in [1.807, 2.05) is 24.0 Å². The molecule has 0 aliphatic carbocycles. The number of benzene rings is 2. The van der Waals surface area contributed by atoms with Gasteiger partial charge >= 0.3 is 6.03 Å². The van der Waals surface area contributed by atoms with Crippen LogP contribution in [0.4, 0.5) is 20.6 Å². The van der Waals surface area contributed by atoms with E-state index in [1.54, 1.807) is 24.3 Å². The van der Waals surface area contributed by atoms with Crippen LogP contribution in [0.1, 0.15) is 17.3 Å². The van der Waals surface area contributed by atoms with Gasteiger partial charge in [-0.1, -0.05) is 12.1 Å². The van der Waals surface area contributed by atoms with Crippen LogP contribution >= 0.6 is 0 Å². The lowest BCUT2D eigenvalue weighted by atomic mass is 10.2. The number of urea groups is 1. The van der Waals surface area contributed by atoms with Crippen molar-refractivity contribution in [1.82, 2.24) is 10.2 Å². The monoisotopic (exact) mass is 370 g/mol. The minimum absolute atomic E-state index is 0.0167. The predicted octanol–water partition coefficient (Wildman–Crippen LogP) is 2.93. The van der Waals surface area contributed by atoms with Crippen molar-refractivity contribution in [2.24, 2.45) is 0 Å². The van der Waals surface area contributed by atoms with Gasteiger partial charge in [-0.05, 0) is 43.3 Å². The van der Waals surface area contributed by atoms with E-state index in [0.717, 1.165) is 18.8 Å². The maximum atomic E-state index is 13.7. The summed E-state index contributed by atoms with van der Waals surface area (Å²) in [7, 11) is 0. The Balaban J connectivity index is 1.57. The van der Waals surface area contributed by atoms with Crippen molar-refractivity contribution < 1.29 is 14.0 Å². The van der Waals surface area contributed by atoms with Gasteiger partial charge < -0.3 is 20.4 Å². The van der Waals surface area contributed by atoms with Crippen LogP contribution in [-0.2, 0) is 0 Å². The molecule has 7 heteroatoms. The first-order chi connectivity index (χ1) is 13.1. The van der Waals surface area contributed by atoms with E-state index in [9.17, 15) is 14.0 Å². The minimum atomic E-state index is -0.545. The maximum absolute atomic E-state index is 13.7. The van der Waals surface area contributed by atoms with Crippen molar-refractivity contribution >= 4 is 23.3 Å². The zero-order valence-corrected chi connectivity index (χ0v) is 15.2. The van der Waals surface area contributed by atoms with Gasteiger partial charge in [-0.3, -0.25) is 4.79 Å². The zero-order chi connectivity index (χ0) is 19.2. The molecule has 1 saturated heterocycles. The first-order valence-electron chi connectivity index (χ1n) is 9.02. The number of carbonyl (C=O) groups is 2. The largest absolute Gasteiger partial charge is 0.368 e. The second-order valence-corrected chi connectivity index (χ2v) is 6.29. The lowest BCUT2D eigenvalue weighted by molar-refractivity contribution is 0.102. The fourth-order valence-corrected chi connectivity index (χ4v) is 3.03. The fourth-order valence-electron chi connectivity index (χ4n) is 3.03. The van der Waals surface area contributed by atoms with Crippen molar-refractivity contribution in [2.45, 2.75) is 6.92 Å². The third-order valence-electron chi connectivity index (χ3n) is 4.50. The first kappa shape index (κ1) is 18.7. The molecule has 0 spiro atoms. The molecule has 1 fully saturated rings. The number of hydrogen-bond acceptors (Lipinski definition) is 3. The van der Waals surface area contributed by atoms with Crippen LogP contribution in [-0.4, -0.2) is 49.6 Å². The molecule has 0 atom stereocenters. The normalized spacial score (nSPS) is 14.0. The van der Waals surface area contributed by atoms with Crippen LogP contribution in [0.25, 0.3) is 0 Å². The van der Waals surface area contributed by atoms with Crippen molar-refractivity contribution in [3.8, 4) is 0 Å². The number of nitrogens with one attached hydrogen (secondary N) is 2. The van der Waals surface area contributed by atoms with Gasteiger partial charge in [-0.2, -0.15) is 0 Å². The standard InChI is InChI=1S/C20H23FN4O2/c1-2-22-20(27)25-13-11-24(12-14-25)16-9-7-15(8-10-16)23-19(26)17-5-3-4-6-18(17)21/h3-10H,2,11-14H2,1H3,(H,22,27)(H,23,26). The highest BCUT2D eigenvalue weighted by Gasteiger charge is 2.20. The summed E-state index contributed by atoms with van der Waals surface area (Å²) < 4.78 is 13.7. The molecule has 3 rings (SSSR count). The lowest BCUT2D eigenvalue weighted by Crippen LogP contribution is -2.51. The van der Waals surface area contributed by atoms with Crippen LogP contribution in [0, 0.1) is 5.82 Å². The molecule has 27 heavy (non-hydrogen) atoms. The maximum Gasteiger partial charge on any atom is 0.317 e. The molecule has 0 saturated carbocycles. The molecule has 1 aliphatic rings.